The predicted molar refractivity (Wildman–Crippen MR) is 221 cm³/mol. The molecule has 12 aromatic rings. The molecule has 0 aliphatic heterocycles. The van der Waals surface area contributed by atoms with Gasteiger partial charge in [0.05, 0.1) is 22.1 Å². The number of thiophene rings is 1. The Bertz CT molecular complexity index is 3410. The molecular weight excluding hydrogens is 653 g/mol. The summed E-state index contributed by atoms with van der Waals surface area (Å²) in [5.74, 6) is 0. The molecule has 0 fully saturated rings. The van der Waals surface area contributed by atoms with Crippen molar-refractivity contribution in [2.75, 3.05) is 0 Å². The predicted octanol–water partition coefficient (Wildman–Crippen LogP) is 13.8. The fourth-order valence-corrected chi connectivity index (χ4v) is 9.76. The monoisotopic (exact) mass is 680 g/mol. The molecule has 0 unspecified atom stereocenters. The average Bonchev–Trinajstić information content (AvgIpc) is 3.94. The summed E-state index contributed by atoms with van der Waals surface area (Å²) in [6.45, 7) is 0. The molecule has 0 spiro atoms. The topological polar surface area (TPSA) is 23.0 Å². The highest BCUT2D eigenvalue weighted by atomic mass is 32.1. The number of rotatable bonds is 3. The van der Waals surface area contributed by atoms with Gasteiger partial charge in [-0.3, -0.25) is 0 Å². The third kappa shape index (κ3) is 3.84. The van der Waals surface area contributed by atoms with Crippen LogP contribution in [0, 0.1) is 0 Å². The highest BCUT2D eigenvalue weighted by Gasteiger charge is 2.20. The maximum atomic E-state index is 6.33. The molecule has 242 valence electrons. The Morgan fingerprint density at radius 3 is 1.79 bits per heavy atom. The third-order valence-electron chi connectivity index (χ3n) is 10.9. The summed E-state index contributed by atoms with van der Waals surface area (Å²) in [4.78, 5) is 0. The van der Waals surface area contributed by atoms with Gasteiger partial charge in [-0.15, -0.1) is 11.3 Å². The van der Waals surface area contributed by atoms with Crippen LogP contribution in [0.25, 0.3) is 108 Å². The number of fused-ring (bicyclic) bond motifs is 12. The molecule has 0 saturated carbocycles. The summed E-state index contributed by atoms with van der Waals surface area (Å²) in [5, 5.41) is 9.86. The molecule has 0 atom stereocenters. The molecule has 3 nitrogen and oxygen atoms in total. The van der Waals surface area contributed by atoms with Crippen LogP contribution in [-0.2, 0) is 0 Å². The van der Waals surface area contributed by atoms with Gasteiger partial charge < -0.3 is 13.6 Å². The maximum absolute atomic E-state index is 6.33. The maximum Gasteiger partial charge on any atom is 0.136 e. The van der Waals surface area contributed by atoms with Gasteiger partial charge in [0.25, 0.3) is 0 Å². The number of furan rings is 1. The first-order chi connectivity index (χ1) is 25.8. The molecule has 0 radical (unpaired) electrons. The molecule has 0 aliphatic carbocycles. The summed E-state index contributed by atoms with van der Waals surface area (Å²) >= 11 is 1.86. The molecule has 0 bridgehead atoms. The first-order valence-corrected chi connectivity index (χ1v) is 18.5. The van der Waals surface area contributed by atoms with Crippen molar-refractivity contribution in [3.05, 3.63) is 170 Å². The van der Waals surface area contributed by atoms with Crippen LogP contribution in [0.5, 0.6) is 0 Å². The van der Waals surface area contributed by atoms with Gasteiger partial charge >= 0.3 is 0 Å². The van der Waals surface area contributed by atoms with Crippen LogP contribution in [-0.4, -0.2) is 9.13 Å². The van der Waals surface area contributed by atoms with Crippen LogP contribution in [0.4, 0.5) is 0 Å². The van der Waals surface area contributed by atoms with E-state index < -0.39 is 0 Å². The van der Waals surface area contributed by atoms with Gasteiger partial charge in [0.2, 0.25) is 0 Å². The molecule has 0 aliphatic rings. The summed E-state index contributed by atoms with van der Waals surface area (Å²) in [6, 6.07) is 61.8. The van der Waals surface area contributed by atoms with Crippen molar-refractivity contribution in [1.29, 1.82) is 0 Å². The van der Waals surface area contributed by atoms with Crippen molar-refractivity contribution in [3.8, 4) is 22.5 Å². The number of hydrogen-bond donors (Lipinski definition) is 0. The van der Waals surface area contributed by atoms with Crippen molar-refractivity contribution >= 4 is 97.1 Å². The van der Waals surface area contributed by atoms with Gasteiger partial charge in [-0.2, -0.15) is 0 Å². The molecule has 4 aromatic heterocycles. The Labute approximate surface area is 301 Å². The SMILES string of the molecule is c1ccc(-n2c3ccccc3c3cc4c(cc32)c2ccccc2n4-c2ccc3sc4cccc(-c5ccc6c(c5)oc5ccccc56)c4c3c2)cc1. The van der Waals surface area contributed by atoms with Crippen LogP contribution in [0.2, 0.25) is 0 Å². The molecule has 12 rings (SSSR count). The largest absolute Gasteiger partial charge is 0.456 e. The Morgan fingerprint density at radius 2 is 1.02 bits per heavy atom. The Kier molecular flexibility index (Phi) is 5.65. The number of nitrogens with zero attached hydrogens (tertiary/aromatic N) is 2. The third-order valence-corrected chi connectivity index (χ3v) is 12.0. The highest BCUT2D eigenvalue weighted by molar-refractivity contribution is 7.26. The van der Waals surface area contributed by atoms with Crippen molar-refractivity contribution in [1.82, 2.24) is 9.13 Å². The molecular formula is C48H28N2OS. The molecule has 0 saturated heterocycles. The van der Waals surface area contributed by atoms with E-state index in [1.54, 1.807) is 0 Å². The van der Waals surface area contributed by atoms with Gasteiger partial charge in [0.15, 0.2) is 0 Å². The summed E-state index contributed by atoms with van der Waals surface area (Å²) in [7, 11) is 0. The van der Waals surface area contributed by atoms with Gasteiger partial charge in [-0.1, -0.05) is 91.0 Å². The molecule has 8 aromatic carbocycles. The Balaban J connectivity index is 1.12. The second kappa shape index (κ2) is 10.5. The van der Waals surface area contributed by atoms with Crippen LogP contribution in [0.3, 0.4) is 0 Å². The van der Waals surface area contributed by atoms with E-state index in [0.717, 1.165) is 33.2 Å². The number of benzene rings is 8. The zero-order valence-corrected chi connectivity index (χ0v) is 28.7. The van der Waals surface area contributed by atoms with E-state index in [1.165, 1.54) is 75.0 Å². The second-order valence-electron chi connectivity index (χ2n) is 13.7. The van der Waals surface area contributed by atoms with Crippen LogP contribution in [0.1, 0.15) is 0 Å². The van der Waals surface area contributed by atoms with E-state index in [1.807, 2.05) is 23.5 Å². The summed E-state index contributed by atoms with van der Waals surface area (Å²) < 4.78 is 13.8. The van der Waals surface area contributed by atoms with Gasteiger partial charge in [0.1, 0.15) is 11.2 Å². The first kappa shape index (κ1) is 28.1. The zero-order valence-electron chi connectivity index (χ0n) is 27.9. The fraction of sp³-hybridized carbons (Fsp3) is 0. The fourth-order valence-electron chi connectivity index (χ4n) is 8.65. The van der Waals surface area contributed by atoms with Crippen LogP contribution >= 0.6 is 11.3 Å². The number of hydrogen-bond acceptors (Lipinski definition) is 2. The minimum absolute atomic E-state index is 0.918. The molecule has 52 heavy (non-hydrogen) atoms. The molecule has 0 amide bonds. The van der Waals surface area contributed by atoms with E-state index in [2.05, 4.69) is 167 Å². The van der Waals surface area contributed by atoms with Gasteiger partial charge in [-0.25, -0.2) is 0 Å². The van der Waals surface area contributed by atoms with Crippen molar-refractivity contribution in [2.24, 2.45) is 0 Å². The summed E-state index contributed by atoms with van der Waals surface area (Å²) in [5.41, 5.74) is 11.4. The number of para-hydroxylation sites is 4. The van der Waals surface area contributed by atoms with Crippen molar-refractivity contribution in [3.63, 3.8) is 0 Å². The quantitative estimate of drug-likeness (QED) is 0.182. The number of aromatic nitrogens is 2. The van der Waals surface area contributed by atoms with E-state index >= 15 is 0 Å². The van der Waals surface area contributed by atoms with Gasteiger partial charge in [-0.05, 0) is 90.0 Å². The van der Waals surface area contributed by atoms with E-state index in [9.17, 15) is 0 Å². The summed E-state index contributed by atoms with van der Waals surface area (Å²) in [6.07, 6.45) is 0. The smallest absolute Gasteiger partial charge is 0.136 e. The van der Waals surface area contributed by atoms with Crippen molar-refractivity contribution < 1.29 is 4.42 Å². The lowest BCUT2D eigenvalue weighted by Gasteiger charge is -2.10. The van der Waals surface area contributed by atoms with Crippen LogP contribution in [0.15, 0.2) is 174 Å². The van der Waals surface area contributed by atoms with Crippen LogP contribution < -0.4 is 0 Å². The molecule has 4 heterocycles. The second-order valence-corrected chi connectivity index (χ2v) is 14.8. The van der Waals surface area contributed by atoms with E-state index in [-0.39, 0.29) is 0 Å². The lowest BCUT2D eigenvalue weighted by atomic mass is 9.98. The van der Waals surface area contributed by atoms with Crippen molar-refractivity contribution in [2.45, 2.75) is 0 Å². The average molecular weight is 681 g/mol. The Morgan fingerprint density at radius 1 is 0.365 bits per heavy atom. The standard InChI is InChI=1S/C48H28N2OS/c1-2-11-30(12-3-1)49-40-17-7-4-13-33(40)37-28-43-38(27-42(37)49)34-14-5-8-18-41(34)50(43)31-22-24-46-39(26-31)48-32(16-10-20-47(48)52-46)29-21-23-36-35-15-6-9-19-44(35)51-45(36)25-29/h1-28H. The van der Waals surface area contributed by atoms with E-state index in [0.29, 0.717) is 0 Å². The first-order valence-electron chi connectivity index (χ1n) is 17.7. The highest BCUT2D eigenvalue weighted by Crippen LogP contribution is 2.44. The van der Waals surface area contributed by atoms with Gasteiger partial charge in [0, 0.05) is 63.9 Å². The Hall–Kier alpha value is -6.62. The normalized spacial score (nSPS) is 12.2. The lowest BCUT2D eigenvalue weighted by Crippen LogP contribution is -1.94. The lowest BCUT2D eigenvalue weighted by molar-refractivity contribution is 0.669. The minimum Gasteiger partial charge on any atom is -0.456 e. The molecule has 4 heteroatoms. The molecule has 0 N–H and O–H groups in total. The van der Waals surface area contributed by atoms with E-state index in [4.69, 9.17) is 4.42 Å². The zero-order chi connectivity index (χ0) is 33.9. The minimum atomic E-state index is 0.918.